The second kappa shape index (κ2) is 8.96. The third kappa shape index (κ3) is 4.51. The van der Waals surface area contributed by atoms with Gasteiger partial charge in [-0.25, -0.2) is 9.79 Å². The first-order chi connectivity index (χ1) is 14.0. The topological polar surface area (TPSA) is 68.2 Å². The third-order valence-electron chi connectivity index (χ3n) is 4.43. The second-order valence-corrected chi connectivity index (χ2v) is 7.33. The number of amidine groups is 1. The number of esters is 1. The van der Waals surface area contributed by atoms with Crippen LogP contribution in [0.4, 0.5) is 5.69 Å². The predicted molar refractivity (Wildman–Crippen MR) is 116 cm³/mol. The average molecular weight is 410 g/mol. The van der Waals surface area contributed by atoms with Gasteiger partial charge < -0.3 is 9.47 Å². The SMILES string of the molecule is CCN1C(=O)/C(=C\c2ccc(OC)c(C)c2)SC1=Nc1ccc(C(=O)OC)cc1. The summed E-state index contributed by atoms with van der Waals surface area (Å²) in [5.74, 6) is 0.339. The number of thioether (sulfide) groups is 1. The summed E-state index contributed by atoms with van der Waals surface area (Å²) in [6.45, 7) is 4.40. The Balaban J connectivity index is 1.87. The number of aliphatic imine (C=N–C) groups is 1. The minimum absolute atomic E-state index is 0.0732. The number of likely N-dealkylation sites (N-methyl/N-ethyl adjacent to an activating group) is 1. The summed E-state index contributed by atoms with van der Waals surface area (Å²) >= 11 is 1.34. The van der Waals surface area contributed by atoms with Crippen molar-refractivity contribution in [1.29, 1.82) is 0 Å². The lowest BCUT2D eigenvalue weighted by Crippen LogP contribution is -2.28. The van der Waals surface area contributed by atoms with Crippen molar-refractivity contribution < 1.29 is 19.1 Å². The summed E-state index contributed by atoms with van der Waals surface area (Å²) < 4.78 is 9.99. The van der Waals surface area contributed by atoms with Crippen LogP contribution in [0.2, 0.25) is 0 Å². The molecule has 0 aliphatic carbocycles. The molecule has 1 heterocycles. The molecule has 1 aliphatic rings. The number of methoxy groups -OCH3 is 2. The van der Waals surface area contributed by atoms with Crippen LogP contribution in [-0.4, -0.2) is 42.7 Å². The zero-order valence-electron chi connectivity index (χ0n) is 16.8. The molecule has 0 spiro atoms. The zero-order chi connectivity index (χ0) is 21.0. The molecule has 7 heteroatoms. The van der Waals surface area contributed by atoms with Crippen LogP contribution in [-0.2, 0) is 9.53 Å². The van der Waals surface area contributed by atoms with E-state index in [2.05, 4.69) is 4.99 Å². The Morgan fingerprint density at radius 2 is 1.90 bits per heavy atom. The molecular weight excluding hydrogens is 388 g/mol. The fraction of sp³-hybridized carbons (Fsp3) is 0.227. The molecule has 0 saturated carbocycles. The molecule has 3 rings (SSSR count). The molecule has 2 aromatic carbocycles. The third-order valence-corrected chi connectivity index (χ3v) is 5.44. The Labute approximate surface area is 174 Å². The molecule has 0 atom stereocenters. The van der Waals surface area contributed by atoms with E-state index in [9.17, 15) is 9.59 Å². The molecule has 2 aromatic rings. The maximum Gasteiger partial charge on any atom is 0.337 e. The number of amides is 1. The number of ether oxygens (including phenoxy) is 2. The number of rotatable bonds is 5. The molecule has 0 radical (unpaired) electrons. The van der Waals surface area contributed by atoms with Crippen LogP contribution < -0.4 is 4.74 Å². The molecule has 1 amide bonds. The standard InChI is InChI=1S/C22H22N2O4S/c1-5-24-20(25)19(13-15-6-11-18(27-3)14(2)12-15)29-22(24)23-17-9-7-16(8-10-17)21(26)28-4/h6-13H,5H2,1-4H3/b19-13+,23-22?. The van der Waals surface area contributed by atoms with Gasteiger partial charge in [-0.15, -0.1) is 0 Å². The van der Waals surface area contributed by atoms with Crippen LogP contribution in [0.3, 0.4) is 0 Å². The van der Waals surface area contributed by atoms with Gasteiger partial charge in [-0.3, -0.25) is 9.69 Å². The van der Waals surface area contributed by atoms with Crippen molar-refractivity contribution >= 4 is 40.6 Å². The fourth-order valence-corrected chi connectivity index (χ4v) is 3.98. The quantitative estimate of drug-likeness (QED) is 0.539. The monoisotopic (exact) mass is 410 g/mol. The van der Waals surface area contributed by atoms with Gasteiger partial charge in [0, 0.05) is 6.54 Å². The first-order valence-corrected chi connectivity index (χ1v) is 9.91. The Bertz CT molecular complexity index is 996. The number of carbonyl (C=O) groups is 2. The van der Waals surface area contributed by atoms with Gasteiger partial charge in [0.2, 0.25) is 0 Å². The first kappa shape index (κ1) is 20.7. The van der Waals surface area contributed by atoms with E-state index in [1.165, 1.54) is 18.9 Å². The normalized spacial score (nSPS) is 16.6. The maximum absolute atomic E-state index is 12.8. The van der Waals surface area contributed by atoms with Gasteiger partial charge >= 0.3 is 5.97 Å². The lowest BCUT2D eigenvalue weighted by atomic mass is 10.1. The maximum atomic E-state index is 12.8. The van der Waals surface area contributed by atoms with Crippen molar-refractivity contribution in [2.24, 2.45) is 4.99 Å². The molecule has 6 nitrogen and oxygen atoms in total. The summed E-state index contributed by atoms with van der Waals surface area (Å²) in [4.78, 5) is 31.2. The van der Waals surface area contributed by atoms with Gasteiger partial charge in [-0.2, -0.15) is 0 Å². The minimum Gasteiger partial charge on any atom is -0.496 e. The van der Waals surface area contributed by atoms with Crippen LogP contribution in [0, 0.1) is 6.92 Å². The molecule has 150 valence electrons. The van der Waals surface area contributed by atoms with E-state index in [0.29, 0.717) is 27.9 Å². The van der Waals surface area contributed by atoms with Crippen LogP contribution in [0.15, 0.2) is 52.4 Å². The molecule has 0 aromatic heterocycles. The van der Waals surface area contributed by atoms with Crippen LogP contribution in [0.5, 0.6) is 5.75 Å². The number of hydrogen-bond donors (Lipinski definition) is 0. The molecule has 1 aliphatic heterocycles. The van der Waals surface area contributed by atoms with Crippen LogP contribution >= 0.6 is 11.8 Å². The summed E-state index contributed by atoms with van der Waals surface area (Å²) in [7, 11) is 2.98. The van der Waals surface area contributed by atoms with Crippen molar-refractivity contribution in [3.05, 3.63) is 64.1 Å². The van der Waals surface area contributed by atoms with E-state index in [1.807, 2.05) is 38.1 Å². The van der Waals surface area contributed by atoms with E-state index in [0.717, 1.165) is 16.9 Å². The minimum atomic E-state index is -0.398. The van der Waals surface area contributed by atoms with Gasteiger partial charge in [0.1, 0.15) is 5.75 Å². The highest BCUT2D eigenvalue weighted by Gasteiger charge is 2.32. The van der Waals surface area contributed by atoms with E-state index in [4.69, 9.17) is 9.47 Å². The lowest BCUT2D eigenvalue weighted by Gasteiger charge is -2.12. The Morgan fingerprint density at radius 3 is 2.48 bits per heavy atom. The molecular formula is C22H22N2O4S. The Hall–Kier alpha value is -3.06. The van der Waals surface area contributed by atoms with Crippen LogP contribution in [0.1, 0.15) is 28.4 Å². The van der Waals surface area contributed by atoms with Gasteiger partial charge in [-0.1, -0.05) is 6.07 Å². The zero-order valence-corrected chi connectivity index (χ0v) is 17.6. The van der Waals surface area contributed by atoms with Crippen LogP contribution in [0.25, 0.3) is 6.08 Å². The Kier molecular flexibility index (Phi) is 6.39. The largest absolute Gasteiger partial charge is 0.496 e. The molecule has 0 N–H and O–H groups in total. The summed E-state index contributed by atoms with van der Waals surface area (Å²) in [6, 6.07) is 12.6. The molecule has 1 fully saturated rings. The highest BCUT2D eigenvalue weighted by Crippen LogP contribution is 2.34. The lowest BCUT2D eigenvalue weighted by molar-refractivity contribution is -0.122. The van der Waals surface area contributed by atoms with Gasteiger partial charge in [-0.05, 0) is 79.2 Å². The number of carbonyl (C=O) groups excluding carboxylic acids is 2. The highest BCUT2D eigenvalue weighted by molar-refractivity contribution is 8.18. The van der Waals surface area contributed by atoms with Crippen molar-refractivity contribution in [2.45, 2.75) is 13.8 Å². The molecule has 0 bridgehead atoms. The van der Waals surface area contributed by atoms with E-state index in [-0.39, 0.29) is 5.91 Å². The summed E-state index contributed by atoms with van der Waals surface area (Å²) in [5.41, 5.74) is 3.05. The first-order valence-electron chi connectivity index (χ1n) is 9.10. The molecule has 29 heavy (non-hydrogen) atoms. The number of hydrogen-bond acceptors (Lipinski definition) is 6. The average Bonchev–Trinajstić information content (AvgIpc) is 3.02. The number of benzene rings is 2. The summed E-state index contributed by atoms with van der Waals surface area (Å²) in [6.07, 6.45) is 1.87. The van der Waals surface area contributed by atoms with Crippen molar-refractivity contribution in [2.75, 3.05) is 20.8 Å². The van der Waals surface area contributed by atoms with Crippen molar-refractivity contribution in [3.8, 4) is 5.75 Å². The summed E-state index contributed by atoms with van der Waals surface area (Å²) in [5, 5.41) is 0.611. The number of nitrogens with zero attached hydrogens (tertiary/aromatic N) is 2. The molecule has 0 unspecified atom stereocenters. The van der Waals surface area contributed by atoms with E-state index >= 15 is 0 Å². The number of aryl methyl sites for hydroxylation is 1. The highest BCUT2D eigenvalue weighted by atomic mass is 32.2. The molecule has 1 saturated heterocycles. The van der Waals surface area contributed by atoms with Gasteiger partial charge in [0.05, 0.1) is 30.4 Å². The van der Waals surface area contributed by atoms with Gasteiger partial charge in [0.15, 0.2) is 5.17 Å². The van der Waals surface area contributed by atoms with E-state index < -0.39 is 5.97 Å². The Morgan fingerprint density at radius 1 is 1.17 bits per heavy atom. The van der Waals surface area contributed by atoms with E-state index in [1.54, 1.807) is 36.3 Å². The fourth-order valence-electron chi connectivity index (χ4n) is 2.91. The van der Waals surface area contributed by atoms with Gasteiger partial charge in [0.25, 0.3) is 5.91 Å². The second-order valence-electron chi connectivity index (χ2n) is 6.32. The van der Waals surface area contributed by atoms with Crippen molar-refractivity contribution in [3.63, 3.8) is 0 Å². The predicted octanol–water partition coefficient (Wildman–Crippen LogP) is 4.41. The smallest absolute Gasteiger partial charge is 0.337 e. The van der Waals surface area contributed by atoms with Crippen molar-refractivity contribution in [1.82, 2.24) is 4.90 Å².